The topological polar surface area (TPSA) is 24.5 Å². The Labute approximate surface area is 123 Å². The smallest absolute Gasteiger partial charge is 0.125 e. The van der Waals surface area contributed by atoms with Gasteiger partial charge in [0.1, 0.15) is 11.4 Å². The van der Waals surface area contributed by atoms with Crippen molar-refractivity contribution in [1.29, 1.82) is 0 Å². The Morgan fingerprint density at radius 3 is 2.79 bits per heavy atom. The molecule has 0 saturated carbocycles. The molecule has 2 aliphatic rings. The molecule has 0 radical (unpaired) electrons. The van der Waals surface area contributed by atoms with Crippen molar-refractivity contribution in [3.63, 3.8) is 0 Å². The minimum absolute atomic E-state index is 0.0288. The van der Waals surface area contributed by atoms with Gasteiger partial charge in [-0.3, -0.25) is 0 Å². The van der Waals surface area contributed by atoms with E-state index in [4.69, 9.17) is 4.74 Å². The van der Waals surface area contributed by atoms with Gasteiger partial charge in [-0.05, 0) is 45.1 Å². The summed E-state index contributed by atoms with van der Waals surface area (Å²) >= 11 is 3.55. The van der Waals surface area contributed by atoms with Crippen LogP contribution in [-0.4, -0.2) is 37.7 Å². The van der Waals surface area contributed by atoms with Gasteiger partial charge >= 0.3 is 0 Å². The molecule has 1 spiro atoms. The van der Waals surface area contributed by atoms with Gasteiger partial charge in [-0.15, -0.1) is 0 Å². The van der Waals surface area contributed by atoms with Crippen LogP contribution in [0, 0.1) is 0 Å². The highest BCUT2D eigenvalue weighted by Gasteiger charge is 2.42. The Morgan fingerprint density at radius 1 is 1.37 bits per heavy atom. The van der Waals surface area contributed by atoms with Gasteiger partial charge in [0.15, 0.2) is 0 Å². The summed E-state index contributed by atoms with van der Waals surface area (Å²) in [6.45, 7) is 2.25. The second kappa shape index (κ2) is 5.08. The molecule has 2 aliphatic heterocycles. The zero-order valence-corrected chi connectivity index (χ0v) is 13.2. The minimum Gasteiger partial charge on any atom is -0.487 e. The Hall–Kier alpha value is -0.580. The molecule has 3 rings (SSSR count). The summed E-state index contributed by atoms with van der Waals surface area (Å²) in [4.78, 5) is 2.39. The van der Waals surface area contributed by atoms with Crippen molar-refractivity contribution in [2.24, 2.45) is 0 Å². The van der Waals surface area contributed by atoms with Crippen LogP contribution in [0.15, 0.2) is 22.7 Å². The van der Waals surface area contributed by atoms with Crippen LogP contribution in [0.2, 0.25) is 0 Å². The highest BCUT2D eigenvalue weighted by Crippen LogP contribution is 2.44. The molecule has 0 aliphatic carbocycles. The van der Waals surface area contributed by atoms with E-state index in [1.165, 1.54) is 5.56 Å². The fraction of sp³-hybridized carbons (Fsp3) is 0.600. The highest BCUT2D eigenvalue weighted by atomic mass is 79.9. The first-order valence-electron chi connectivity index (χ1n) is 6.96. The third-order valence-corrected chi connectivity index (χ3v) is 4.99. The summed E-state index contributed by atoms with van der Waals surface area (Å²) in [6, 6.07) is 6.74. The highest BCUT2D eigenvalue weighted by molar-refractivity contribution is 9.10. The minimum atomic E-state index is 0.0288. The van der Waals surface area contributed by atoms with Crippen LogP contribution < -0.4 is 10.1 Å². The number of rotatable bonds is 1. The molecule has 4 heteroatoms. The lowest BCUT2D eigenvalue weighted by atomic mass is 9.81. The lowest BCUT2D eigenvalue weighted by molar-refractivity contribution is -0.0195. The maximum atomic E-state index is 6.41. The number of halogens is 1. The summed E-state index contributed by atoms with van der Waals surface area (Å²) in [5, 5.41) is 3.46. The van der Waals surface area contributed by atoms with E-state index in [1.54, 1.807) is 0 Å². The first kappa shape index (κ1) is 13.4. The standard InChI is InChI=1S/C15H21BrN2O/c1-17-13-10-15(5-7-18(2)8-6-15)19-14-4-3-11(16)9-12(13)14/h3-4,9,13,17H,5-8,10H2,1-2H3. The molecule has 1 unspecified atom stereocenters. The molecule has 19 heavy (non-hydrogen) atoms. The van der Waals surface area contributed by atoms with E-state index in [1.807, 2.05) is 7.05 Å². The molecule has 1 atom stereocenters. The number of likely N-dealkylation sites (tertiary alicyclic amines) is 1. The summed E-state index contributed by atoms with van der Waals surface area (Å²) < 4.78 is 7.53. The molecular weight excluding hydrogens is 304 g/mol. The number of benzene rings is 1. The molecule has 1 N–H and O–H groups in total. The Morgan fingerprint density at radius 2 is 2.11 bits per heavy atom. The van der Waals surface area contributed by atoms with Crippen molar-refractivity contribution < 1.29 is 4.74 Å². The summed E-state index contributed by atoms with van der Waals surface area (Å²) in [5.41, 5.74) is 1.31. The van der Waals surface area contributed by atoms with Gasteiger partial charge in [0, 0.05) is 35.6 Å². The van der Waals surface area contributed by atoms with Crippen LogP contribution in [-0.2, 0) is 0 Å². The Kier molecular flexibility index (Phi) is 3.58. The molecule has 0 aromatic heterocycles. The fourth-order valence-corrected chi connectivity index (χ4v) is 3.61. The lowest BCUT2D eigenvalue weighted by Gasteiger charge is -2.46. The zero-order chi connectivity index (χ0) is 13.5. The van der Waals surface area contributed by atoms with Crippen LogP contribution in [0.3, 0.4) is 0 Å². The van der Waals surface area contributed by atoms with Crippen molar-refractivity contribution in [3.8, 4) is 5.75 Å². The van der Waals surface area contributed by atoms with Gasteiger partial charge in [-0.2, -0.15) is 0 Å². The van der Waals surface area contributed by atoms with Gasteiger partial charge in [0.25, 0.3) is 0 Å². The van der Waals surface area contributed by atoms with Gasteiger partial charge in [0.05, 0.1) is 0 Å². The maximum Gasteiger partial charge on any atom is 0.125 e. The van der Waals surface area contributed by atoms with E-state index in [9.17, 15) is 0 Å². The summed E-state index contributed by atoms with van der Waals surface area (Å²) in [5.74, 6) is 1.05. The van der Waals surface area contributed by atoms with E-state index in [2.05, 4.69) is 51.4 Å². The summed E-state index contributed by atoms with van der Waals surface area (Å²) in [7, 11) is 4.24. The molecule has 0 amide bonds. The number of nitrogens with one attached hydrogen (secondary N) is 1. The van der Waals surface area contributed by atoms with Crippen molar-refractivity contribution in [3.05, 3.63) is 28.2 Å². The first-order valence-corrected chi connectivity index (χ1v) is 7.75. The van der Waals surface area contributed by atoms with E-state index < -0.39 is 0 Å². The average molecular weight is 325 g/mol. The predicted molar refractivity (Wildman–Crippen MR) is 80.6 cm³/mol. The number of piperidine rings is 1. The third-order valence-electron chi connectivity index (χ3n) is 4.50. The van der Waals surface area contributed by atoms with Crippen LogP contribution >= 0.6 is 15.9 Å². The zero-order valence-electron chi connectivity index (χ0n) is 11.6. The molecule has 1 fully saturated rings. The van der Waals surface area contributed by atoms with Gasteiger partial charge in [-0.25, -0.2) is 0 Å². The largest absolute Gasteiger partial charge is 0.487 e. The predicted octanol–water partition coefficient (Wildman–Crippen LogP) is 2.96. The Balaban J connectivity index is 1.91. The van der Waals surface area contributed by atoms with E-state index in [0.717, 1.165) is 42.6 Å². The maximum absolute atomic E-state index is 6.41. The molecule has 2 heterocycles. The lowest BCUT2D eigenvalue weighted by Crippen LogP contribution is -2.50. The Bertz CT molecular complexity index is 469. The molecule has 0 bridgehead atoms. The number of hydrogen-bond acceptors (Lipinski definition) is 3. The van der Waals surface area contributed by atoms with Crippen LogP contribution in [0.25, 0.3) is 0 Å². The molecular formula is C15H21BrN2O. The molecule has 1 aromatic rings. The molecule has 1 saturated heterocycles. The first-order chi connectivity index (χ1) is 9.12. The van der Waals surface area contributed by atoms with Gasteiger partial charge < -0.3 is 15.0 Å². The van der Waals surface area contributed by atoms with Crippen molar-refractivity contribution in [2.75, 3.05) is 27.2 Å². The van der Waals surface area contributed by atoms with Crippen molar-refractivity contribution in [2.45, 2.75) is 30.9 Å². The molecule has 1 aromatic carbocycles. The third kappa shape index (κ3) is 2.54. The number of nitrogens with zero attached hydrogens (tertiary/aromatic N) is 1. The van der Waals surface area contributed by atoms with E-state index in [0.29, 0.717) is 6.04 Å². The van der Waals surface area contributed by atoms with E-state index in [-0.39, 0.29) is 5.60 Å². The van der Waals surface area contributed by atoms with E-state index >= 15 is 0 Å². The van der Waals surface area contributed by atoms with Crippen LogP contribution in [0.5, 0.6) is 5.75 Å². The molecule has 104 valence electrons. The van der Waals surface area contributed by atoms with Gasteiger partial charge in [0.2, 0.25) is 0 Å². The summed E-state index contributed by atoms with van der Waals surface area (Å²) in [6.07, 6.45) is 3.31. The normalized spacial score (nSPS) is 25.9. The van der Waals surface area contributed by atoms with Crippen LogP contribution in [0.4, 0.5) is 0 Å². The van der Waals surface area contributed by atoms with Crippen LogP contribution in [0.1, 0.15) is 30.9 Å². The average Bonchev–Trinajstić information content (AvgIpc) is 2.42. The van der Waals surface area contributed by atoms with Gasteiger partial charge in [-0.1, -0.05) is 15.9 Å². The van der Waals surface area contributed by atoms with Crippen molar-refractivity contribution in [1.82, 2.24) is 10.2 Å². The SMILES string of the molecule is CNC1CC2(CCN(C)CC2)Oc2ccc(Br)cc21. The monoisotopic (exact) mass is 324 g/mol. The molecule has 3 nitrogen and oxygen atoms in total. The quantitative estimate of drug-likeness (QED) is 0.859. The number of ether oxygens (including phenoxy) is 1. The van der Waals surface area contributed by atoms with Crippen molar-refractivity contribution >= 4 is 15.9 Å². The second-order valence-corrected chi connectivity index (χ2v) is 6.73. The number of hydrogen-bond donors (Lipinski definition) is 1. The number of fused-ring (bicyclic) bond motifs is 1. The fourth-order valence-electron chi connectivity index (χ4n) is 3.23. The second-order valence-electron chi connectivity index (χ2n) is 5.82.